The van der Waals surface area contributed by atoms with E-state index >= 15 is 0 Å². The smallest absolute Gasteiger partial charge is 0.420 e. The van der Waals surface area contributed by atoms with Crippen LogP contribution >= 0.6 is 0 Å². The van der Waals surface area contributed by atoms with Crippen LogP contribution in [-0.4, -0.2) is 29.1 Å². The predicted octanol–water partition coefficient (Wildman–Crippen LogP) is 4.59. The van der Waals surface area contributed by atoms with Crippen molar-refractivity contribution in [3.63, 3.8) is 0 Å². The molecule has 5 aromatic rings. The number of fused-ring (bicyclic) bond motifs is 2. The molecule has 2 N–H and O–H groups in total. The van der Waals surface area contributed by atoms with Crippen LogP contribution < -0.4 is 15.8 Å². The number of oxazole rings is 1. The highest BCUT2D eigenvalue weighted by atomic mass is 16.5. The van der Waals surface area contributed by atoms with Crippen molar-refractivity contribution >= 4 is 27.9 Å². The van der Waals surface area contributed by atoms with E-state index in [4.69, 9.17) is 9.15 Å². The van der Waals surface area contributed by atoms with Gasteiger partial charge in [0, 0.05) is 29.6 Å². The maximum atomic E-state index is 13.2. The van der Waals surface area contributed by atoms with Crippen LogP contribution in [0, 0.1) is 0 Å². The zero-order chi connectivity index (χ0) is 23.7. The third-order valence-corrected chi connectivity index (χ3v) is 6.28. The first-order valence-corrected chi connectivity index (χ1v) is 11.1. The van der Waals surface area contributed by atoms with E-state index in [-0.39, 0.29) is 11.8 Å². The van der Waals surface area contributed by atoms with E-state index in [1.807, 2.05) is 54.7 Å². The molecule has 7 heteroatoms. The van der Waals surface area contributed by atoms with Crippen LogP contribution in [0.25, 0.3) is 22.0 Å². The van der Waals surface area contributed by atoms with Gasteiger partial charge in [-0.25, -0.2) is 4.79 Å². The lowest BCUT2D eigenvalue weighted by molar-refractivity contribution is -0.123. The number of amides is 1. The summed E-state index contributed by atoms with van der Waals surface area (Å²) < 4.78 is 12.0. The number of hydrogen-bond donors (Lipinski definition) is 2. The fourth-order valence-electron chi connectivity index (χ4n) is 4.44. The van der Waals surface area contributed by atoms with Gasteiger partial charge in [-0.2, -0.15) is 0 Å². The second-order valence-corrected chi connectivity index (χ2v) is 8.24. The normalized spacial score (nSPS) is 13.1. The van der Waals surface area contributed by atoms with Crippen LogP contribution in [0.5, 0.6) is 5.75 Å². The molecule has 0 radical (unpaired) electrons. The van der Waals surface area contributed by atoms with Gasteiger partial charge in [-0.1, -0.05) is 42.5 Å². The predicted molar refractivity (Wildman–Crippen MR) is 131 cm³/mol. The van der Waals surface area contributed by atoms with Crippen molar-refractivity contribution in [2.75, 3.05) is 13.7 Å². The van der Waals surface area contributed by atoms with Gasteiger partial charge in [0.1, 0.15) is 11.8 Å². The highest BCUT2D eigenvalue weighted by Gasteiger charge is 2.24. The Bertz CT molecular complexity index is 1510. The fourth-order valence-corrected chi connectivity index (χ4v) is 4.44. The number of nitrogens with zero attached hydrogens (tertiary/aromatic N) is 1. The topological polar surface area (TPSA) is 89.3 Å². The number of hydrogen-bond acceptors (Lipinski definition) is 4. The molecule has 1 amide bonds. The molecule has 0 saturated carbocycles. The minimum absolute atomic E-state index is 0.101. The molecule has 0 aliphatic carbocycles. The molecule has 172 valence electrons. The lowest BCUT2D eigenvalue weighted by atomic mass is 9.90. The molecular weight excluding hydrogens is 430 g/mol. The average Bonchev–Trinajstić information content (AvgIpc) is 3.44. The maximum absolute atomic E-state index is 13.2. The molecule has 2 unspecified atom stereocenters. The average molecular weight is 456 g/mol. The number of methoxy groups -OCH3 is 1. The first kappa shape index (κ1) is 21.6. The van der Waals surface area contributed by atoms with Crippen LogP contribution in [0.2, 0.25) is 0 Å². The number of H-pyrrole nitrogens is 1. The number of carbonyl (C=O) groups excluding carboxylic acids is 1. The standard InChI is InChI=1S/C27H25N3O4/c1-17(30-24-9-5-6-10-25(24)34-27(30)32)26(31)29-15-21(18-11-13-19(33-2)14-12-18)22-16-28-23-8-4-3-7-20(22)23/h3-14,16-17,21,28H,15H2,1-2H3,(H,29,31). The Hall–Kier alpha value is -4.26. The lowest BCUT2D eigenvalue weighted by Crippen LogP contribution is -2.36. The monoisotopic (exact) mass is 455 g/mol. The number of rotatable bonds is 7. The van der Waals surface area contributed by atoms with Gasteiger partial charge >= 0.3 is 5.76 Å². The number of carbonyl (C=O) groups is 1. The molecule has 2 heterocycles. The molecule has 0 bridgehead atoms. The largest absolute Gasteiger partial charge is 0.497 e. The highest BCUT2D eigenvalue weighted by molar-refractivity contribution is 5.85. The molecule has 3 aromatic carbocycles. The van der Waals surface area contributed by atoms with Gasteiger partial charge in [0.05, 0.1) is 12.6 Å². The Labute approximate surface area is 196 Å². The SMILES string of the molecule is COc1ccc(C(CNC(=O)C(C)n2c(=O)oc3ccccc32)c2c[nH]c3ccccc23)cc1. The summed E-state index contributed by atoms with van der Waals surface area (Å²) in [6.07, 6.45) is 1.99. The molecule has 0 spiro atoms. The number of para-hydroxylation sites is 3. The zero-order valence-corrected chi connectivity index (χ0v) is 18.9. The van der Waals surface area contributed by atoms with Gasteiger partial charge in [0.2, 0.25) is 5.91 Å². The number of aromatic amines is 1. The lowest BCUT2D eigenvalue weighted by Gasteiger charge is -2.20. The van der Waals surface area contributed by atoms with Gasteiger partial charge in [-0.3, -0.25) is 9.36 Å². The molecule has 0 fully saturated rings. The summed E-state index contributed by atoms with van der Waals surface area (Å²) in [4.78, 5) is 28.9. The zero-order valence-electron chi connectivity index (χ0n) is 18.9. The van der Waals surface area contributed by atoms with Crippen molar-refractivity contribution in [2.24, 2.45) is 0 Å². The molecular formula is C27H25N3O4. The summed E-state index contributed by atoms with van der Waals surface area (Å²) >= 11 is 0. The summed E-state index contributed by atoms with van der Waals surface area (Å²) in [5.74, 6) is -0.138. The van der Waals surface area contributed by atoms with Crippen molar-refractivity contribution in [1.82, 2.24) is 14.9 Å². The summed E-state index contributed by atoms with van der Waals surface area (Å²) in [5, 5.41) is 4.16. The summed E-state index contributed by atoms with van der Waals surface area (Å²) in [5.41, 5.74) is 4.22. The number of benzene rings is 3. The molecule has 2 aromatic heterocycles. The van der Waals surface area contributed by atoms with Crippen molar-refractivity contribution in [1.29, 1.82) is 0 Å². The fraction of sp³-hybridized carbons (Fsp3) is 0.185. The van der Waals surface area contributed by atoms with Crippen LogP contribution in [0.15, 0.2) is 88.2 Å². The summed E-state index contributed by atoms with van der Waals surface area (Å²) in [6, 6.07) is 22.3. The van der Waals surface area contributed by atoms with Crippen LogP contribution in [0.1, 0.15) is 30.0 Å². The Balaban J connectivity index is 1.45. The van der Waals surface area contributed by atoms with Gasteiger partial charge in [-0.15, -0.1) is 0 Å². The molecule has 2 atom stereocenters. The Morgan fingerprint density at radius 1 is 1.06 bits per heavy atom. The van der Waals surface area contributed by atoms with Gasteiger partial charge < -0.3 is 19.5 Å². The Morgan fingerprint density at radius 2 is 1.79 bits per heavy atom. The third-order valence-electron chi connectivity index (χ3n) is 6.28. The van der Waals surface area contributed by atoms with E-state index in [1.54, 1.807) is 32.2 Å². The molecule has 5 rings (SSSR count). The quantitative estimate of drug-likeness (QED) is 0.376. The van der Waals surface area contributed by atoms with E-state index in [9.17, 15) is 9.59 Å². The van der Waals surface area contributed by atoms with E-state index in [1.165, 1.54) is 4.57 Å². The van der Waals surface area contributed by atoms with Crippen molar-refractivity contribution in [3.05, 3.63) is 101 Å². The number of aromatic nitrogens is 2. The first-order chi connectivity index (χ1) is 16.6. The molecule has 7 nitrogen and oxygen atoms in total. The molecule has 0 aliphatic heterocycles. The van der Waals surface area contributed by atoms with E-state index in [0.29, 0.717) is 17.6 Å². The third kappa shape index (κ3) is 3.85. The van der Waals surface area contributed by atoms with Gasteiger partial charge in [0.15, 0.2) is 5.58 Å². The van der Waals surface area contributed by atoms with Crippen LogP contribution in [-0.2, 0) is 4.79 Å². The Kier molecular flexibility index (Phi) is 5.67. The van der Waals surface area contributed by atoms with Gasteiger partial charge in [0.25, 0.3) is 0 Å². The van der Waals surface area contributed by atoms with Crippen molar-refractivity contribution in [3.8, 4) is 5.75 Å². The van der Waals surface area contributed by atoms with Crippen LogP contribution in [0.4, 0.5) is 0 Å². The summed E-state index contributed by atoms with van der Waals surface area (Å²) in [7, 11) is 1.63. The van der Waals surface area contributed by atoms with Crippen molar-refractivity contribution in [2.45, 2.75) is 18.9 Å². The van der Waals surface area contributed by atoms with E-state index < -0.39 is 11.8 Å². The minimum atomic E-state index is -0.726. The molecule has 0 saturated heterocycles. The minimum Gasteiger partial charge on any atom is -0.497 e. The number of nitrogens with one attached hydrogen (secondary N) is 2. The van der Waals surface area contributed by atoms with Crippen molar-refractivity contribution < 1.29 is 13.9 Å². The van der Waals surface area contributed by atoms with Crippen LogP contribution in [0.3, 0.4) is 0 Å². The van der Waals surface area contributed by atoms with E-state index in [0.717, 1.165) is 27.8 Å². The first-order valence-electron chi connectivity index (χ1n) is 11.1. The molecule has 0 aliphatic rings. The van der Waals surface area contributed by atoms with Gasteiger partial charge in [-0.05, 0) is 48.4 Å². The maximum Gasteiger partial charge on any atom is 0.420 e. The second-order valence-electron chi connectivity index (χ2n) is 8.24. The number of ether oxygens (including phenoxy) is 1. The highest BCUT2D eigenvalue weighted by Crippen LogP contribution is 2.31. The second kappa shape index (κ2) is 8.94. The molecule has 34 heavy (non-hydrogen) atoms. The Morgan fingerprint density at radius 3 is 2.59 bits per heavy atom. The van der Waals surface area contributed by atoms with E-state index in [2.05, 4.69) is 16.4 Å². The summed E-state index contributed by atoms with van der Waals surface area (Å²) in [6.45, 7) is 2.06.